The van der Waals surface area contributed by atoms with Crippen LogP contribution in [0.5, 0.6) is 5.75 Å². The summed E-state index contributed by atoms with van der Waals surface area (Å²) in [6, 6.07) is 14.8. The quantitative estimate of drug-likeness (QED) is 0.378. The van der Waals surface area contributed by atoms with Gasteiger partial charge >= 0.3 is 11.6 Å². The Bertz CT molecular complexity index is 1040. The van der Waals surface area contributed by atoms with E-state index in [1.165, 1.54) is 20.3 Å². The summed E-state index contributed by atoms with van der Waals surface area (Å²) < 4.78 is 15.3. The number of rotatable bonds is 6. The minimum Gasteiger partial charge on any atom is -0.497 e. The smallest absolute Gasteiger partial charge is 0.336 e. The highest BCUT2D eigenvalue weighted by atomic mass is 16.5. The number of esters is 1. The van der Waals surface area contributed by atoms with Crippen LogP contribution >= 0.6 is 0 Å². The average molecular weight is 366 g/mol. The van der Waals surface area contributed by atoms with Crippen LogP contribution in [-0.4, -0.2) is 26.0 Å². The lowest BCUT2D eigenvalue weighted by atomic mass is 9.89. The van der Waals surface area contributed by atoms with Gasteiger partial charge in [0.15, 0.2) is 5.78 Å². The van der Waals surface area contributed by atoms with Crippen molar-refractivity contribution in [1.29, 1.82) is 0 Å². The van der Waals surface area contributed by atoms with Crippen LogP contribution in [0.15, 0.2) is 63.8 Å². The summed E-state index contributed by atoms with van der Waals surface area (Å²) in [6.45, 7) is 0. The number of Topliss-reactive ketones (excluding diaryl/α,β-unsaturated/α-hetero) is 1. The van der Waals surface area contributed by atoms with Crippen LogP contribution in [0.2, 0.25) is 0 Å². The summed E-state index contributed by atoms with van der Waals surface area (Å²) in [6.07, 6.45) is -0.124. The van der Waals surface area contributed by atoms with E-state index in [2.05, 4.69) is 0 Å². The highest BCUT2D eigenvalue weighted by Gasteiger charge is 2.28. The lowest BCUT2D eigenvalue weighted by Crippen LogP contribution is -2.20. The maximum Gasteiger partial charge on any atom is 0.336 e. The SMILES string of the molecule is COC(=O)[C@H](CC(=O)c1ccccc1)c1cc(=O)oc2cc(OC)ccc12. The van der Waals surface area contributed by atoms with Gasteiger partial charge in [-0.2, -0.15) is 0 Å². The lowest BCUT2D eigenvalue weighted by molar-refractivity contribution is -0.142. The molecule has 0 fully saturated rings. The summed E-state index contributed by atoms with van der Waals surface area (Å²) in [5.74, 6) is -1.23. The van der Waals surface area contributed by atoms with Crippen molar-refractivity contribution in [3.63, 3.8) is 0 Å². The molecule has 0 aliphatic rings. The molecule has 27 heavy (non-hydrogen) atoms. The summed E-state index contributed by atoms with van der Waals surface area (Å²) in [5.41, 5.74) is 0.533. The van der Waals surface area contributed by atoms with E-state index in [9.17, 15) is 14.4 Å². The summed E-state index contributed by atoms with van der Waals surface area (Å²) >= 11 is 0. The molecular formula is C21H18O6. The van der Waals surface area contributed by atoms with Crippen LogP contribution in [0.4, 0.5) is 0 Å². The molecule has 0 saturated carbocycles. The van der Waals surface area contributed by atoms with Crippen molar-refractivity contribution < 1.29 is 23.5 Å². The molecule has 6 nitrogen and oxygen atoms in total. The van der Waals surface area contributed by atoms with Gasteiger partial charge in [-0.15, -0.1) is 0 Å². The molecule has 0 saturated heterocycles. The third-order valence-electron chi connectivity index (χ3n) is 4.33. The summed E-state index contributed by atoms with van der Waals surface area (Å²) in [5, 5.41) is 0.548. The average Bonchev–Trinajstić information content (AvgIpc) is 2.70. The first kappa shape index (κ1) is 18.4. The maximum absolute atomic E-state index is 12.6. The Hall–Kier alpha value is -3.41. The highest BCUT2D eigenvalue weighted by Crippen LogP contribution is 2.31. The first-order valence-corrected chi connectivity index (χ1v) is 8.31. The molecule has 0 amide bonds. The zero-order valence-corrected chi connectivity index (χ0v) is 14.9. The van der Waals surface area contributed by atoms with E-state index >= 15 is 0 Å². The Morgan fingerprint density at radius 2 is 1.78 bits per heavy atom. The molecule has 0 bridgehead atoms. The van der Waals surface area contributed by atoms with Crippen molar-refractivity contribution in [3.8, 4) is 5.75 Å². The zero-order chi connectivity index (χ0) is 19.4. The number of carbonyl (C=O) groups is 2. The van der Waals surface area contributed by atoms with Crippen LogP contribution < -0.4 is 10.4 Å². The Kier molecular flexibility index (Phi) is 5.35. The van der Waals surface area contributed by atoms with E-state index in [4.69, 9.17) is 13.9 Å². The van der Waals surface area contributed by atoms with Crippen molar-refractivity contribution in [2.45, 2.75) is 12.3 Å². The van der Waals surface area contributed by atoms with Gasteiger partial charge in [0.1, 0.15) is 11.3 Å². The topological polar surface area (TPSA) is 82.8 Å². The van der Waals surface area contributed by atoms with E-state index < -0.39 is 17.5 Å². The molecule has 0 spiro atoms. The van der Waals surface area contributed by atoms with Gasteiger partial charge in [0.25, 0.3) is 0 Å². The predicted octanol–water partition coefficient (Wildman–Crippen LogP) is 3.33. The van der Waals surface area contributed by atoms with Crippen molar-refractivity contribution in [1.82, 2.24) is 0 Å². The minimum absolute atomic E-state index is 0.124. The molecule has 3 rings (SSSR count). The van der Waals surface area contributed by atoms with E-state index in [1.807, 2.05) is 0 Å². The van der Waals surface area contributed by atoms with Gasteiger partial charge < -0.3 is 13.9 Å². The van der Waals surface area contributed by atoms with Gasteiger partial charge in [0.05, 0.1) is 20.1 Å². The molecule has 0 radical (unpaired) electrons. The number of methoxy groups -OCH3 is 2. The van der Waals surface area contributed by atoms with Crippen molar-refractivity contribution in [3.05, 3.63) is 76.1 Å². The fraction of sp³-hybridized carbons (Fsp3) is 0.190. The standard InChI is InChI=1S/C21H18O6/c1-25-14-8-9-15-16(12-20(23)27-19(15)10-14)17(21(24)26-2)11-18(22)13-6-4-3-5-7-13/h3-10,12,17H,11H2,1-2H3/t17-/m1/s1. The van der Waals surface area contributed by atoms with Crippen LogP contribution in [0, 0.1) is 0 Å². The van der Waals surface area contributed by atoms with Crippen molar-refractivity contribution >= 4 is 22.7 Å². The molecular weight excluding hydrogens is 348 g/mol. The summed E-state index contributed by atoms with van der Waals surface area (Å²) in [7, 11) is 2.75. The number of benzene rings is 2. The molecule has 6 heteroatoms. The van der Waals surface area contributed by atoms with Crippen LogP contribution in [0.1, 0.15) is 28.3 Å². The monoisotopic (exact) mass is 366 g/mol. The molecule has 1 heterocycles. The van der Waals surface area contributed by atoms with Crippen LogP contribution in [0.25, 0.3) is 11.0 Å². The first-order chi connectivity index (χ1) is 13.0. The zero-order valence-electron chi connectivity index (χ0n) is 14.9. The van der Waals surface area contributed by atoms with E-state index in [-0.39, 0.29) is 17.8 Å². The van der Waals surface area contributed by atoms with Gasteiger partial charge in [-0.3, -0.25) is 9.59 Å². The van der Waals surface area contributed by atoms with Crippen LogP contribution in [0.3, 0.4) is 0 Å². The summed E-state index contributed by atoms with van der Waals surface area (Å²) in [4.78, 5) is 37.1. The number of carbonyl (C=O) groups excluding carboxylic acids is 2. The lowest BCUT2D eigenvalue weighted by Gasteiger charge is -2.16. The molecule has 0 aliphatic carbocycles. The van der Waals surface area contributed by atoms with Gasteiger partial charge in [-0.1, -0.05) is 30.3 Å². The van der Waals surface area contributed by atoms with E-state index in [0.717, 1.165) is 0 Å². The second-order valence-corrected chi connectivity index (χ2v) is 5.95. The first-order valence-electron chi connectivity index (χ1n) is 8.31. The number of hydrogen-bond acceptors (Lipinski definition) is 6. The number of ether oxygens (including phenoxy) is 2. The number of ketones is 1. The van der Waals surface area contributed by atoms with Crippen molar-refractivity contribution in [2.75, 3.05) is 14.2 Å². The van der Waals surface area contributed by atoms with Crippen LogP contribution in [-0.2, 0) is 9.53 Å². The fourth-order valence-electron chi connectivity index (χ4n) is 2.97. The van der Waals surface area contributed by atoms with Crippen molar-refractivity contribution in [2.24, 2.45) is 0 Å². The molecule has 3 aromatic rings. The van der Waals surface area contributed by atoms with Gasteiger partial charge in [-0.25, -0.2) is 4.79 Å². The third-order valence-corrected chi connectivity index (χ3v) is 4.33. The second-order valence-electron chi connectivity index (χ2n) is 5.95. The Balaban J connectivity index is 2.09. The molecule has 0 unspecified atom stereocenters. The Morgan fingerprint density at radius 1 is 1.04 bits per heavy atom. The van der Waals surface area contributed by atoms with Gasteiger partial charge in [-0.05, 0) is 17.7 Å². The maximum atomic E-state index is 12.6. The highest BCUT2D eigenvalue weighted by molar-refractivity contribution is 6.00. The molecule has 2 aromatic carbocycles. The number of hydrogen-bond donors (Lipinski definition) is 0. The molecule has 0 N–H and O–H groups in total. The second kappa shape index (κ2) is 7.86. The molecule has 0 aliphatic heterocycles. The Labute approximate surface area is 155 Å². The fourth-order valence-corrected chi connectivity index (χ4v) is 2.97. The largest absolute Gasteiger partial charge is 0.497 e. The number of fused-ring (bicyclic) bond motifs is 1. The normalized spacial score (nSPS) is 11.8. The Morgan fingerprint density at radius 3 is 2.44 bits per heavy atom. The molecule has 1 aromatic heterocycles. The van der Waals surface area contributed by atoms with Gasteiger partial charge in [0.2, 0.25) is 0 Å². The van der Waals surface area contributed by atoms with E-state index in [1.54, 1.807) is 48.5 Å². The van der Waals surface area contributed by atoms with E-state index in [0.29, 0.717) is 22.3 Å². The predicted molar refractivity (Wildman–Crippen MR) is 99.2 cm³/mol. The minimum atomic E-state index is -0.928. The molecule has 138 valence electrons. The molecule has 1 atom stereocenters. The third kappa shape index (κ3) is 3.89. The van der Waals surface area contributed by atoms with Gasteiger partial charge in [0, 0.05) is 29.5 Å².